The molecule has 2 rings (SSSR count). The Morgan fingerprint density at radius 3 is 2.29 bits per heavy atom. The van der Waals surface area contributed by atoms with Crippen molar-refractivity contribution < 1.29 is 4.79 Å². The van der Waals surface area contributed by atoms with Gasteiger partial charge in [0.1, 0.15) is 0 Å². The van der Waals surface area contributed by atoms with Crippen LogP contribution in [0.2, 0.25) is 0 Å². The lowest BCUT2D eigenvalue weighted by Crippen LogP contribution is -2.30. The summed E-state index contributed by atoms with van der Waals surface area (Å²) in [5.74, 6) is 0. The van der Waals surface area contributed by atoms with Gasteiger partial charge in [-0.2, -0.15) is 0 Å². The third kappa shape index (κ3) is 4.75. The second kappa shape index (κ2) is 8.39. The number of hydrogen-bond acceptors (Lipinski definition) is 2. The molecule has 1 N–H and O–H groups in total. The summed E-state index contributed by atoms with van der Waals surface area (Å²) in [6, 6.07) is 16.1. The van der Waals surface area contributed by atoms with Crippen molar-refractivity contribution in [3.8, 4) is 0 Å². The highest BCUT2D eigenvalue weighted by atomic mass is 16.2. The molecule has 2 amide bonds. The van der Waals surface area contributed by atoms with Crippen LogP contribution in [-0.4, -0.2) is 31.1 Å². The molecular formula is C20H27N3O. The molecule has 2 aromatic rings. The summed E-state index contributed by atoms with van der Waals surface area (Å²) in [6.07, 6.45) is 0. The molecule has 4 nitrogen and oxygen atoms in total. The maximum absolute atomic E-state index is 12.3. The SMILES string of the molecule is CCN(CC)c1ccc(CN(C)C(=O)Nc2cccc(C)c2)cc1. The van der Waals surface area contributed by atoms with Gasteiger partial charge >= 0.3 is 6.03 Å². The van der Waals surface area contributed by atoms with E-state index in [2.05, 4.69) is 48.3 Å². The van der Waals surface area contributed by atoms with Crippen molar-refractivity contribution in [3.63, 3.8) is 0 Å². The fourth-order valence-corrected chi connectivity index (χ4v) is 2.69. The third-order valence-electron chi connectivity index (χ3n) is 4.10. The number of nitrogens with zero attached hydrogens (tertiary/aromatic N) is 2. The first kappa shape index (κ1) is 17.9. The number of anilines is 2. The lowest BCUT2D eigenvalue weighted by atomic mass is 10.2. The zero-order chi connectivity index (χ0) is 17.5. The summed E-state index contributed by atoms with van der Waals surface area (Å²) in [5.41, 5.74) is 4.29. The van der Waals surface area contributed by atoms with Crippen LogP contribution < -0.4 is 10.2 Å². The maximum atomic E-state index is 12.3. The van der Waals surface area contributed by atoms with Gasteiger partial charge in [0.05, 0.1) is 0 Å². The number of amides is 2. The van der Waals surface area contributed by atoms with Crippen molar-refractivity contribution in [2.24, 2.45) is 0 Å². The summed E-state index contributed by atoms with van der Waals surface area (Å²) in [4.78, 5) is 16.3. The first-order chi connectivity index (χ1) is 11.5. The molecule has 0 spiro atoms. The molecule has 4 heteroatoms. The zero-order valence-electron chi connectivity index (χ0n) is 15.0. The average Bonchev–Trinajstić information content (AvgIpc) is 2.57. The Labute approximate surface area is 145 Å². The molecule has 0 aliphatic rings. The molecule has 0 aliphatic heterocycles. The smallest absolute Gasteiger partial charge is 0.321 e. The number of carbonyl (C=O) groups excluding carboxylic acids is 1. The average molecular weight is 325 g/mol. The zero-order valence-corrected chi connectivity index (χ0v) is 15.0. The van der Waals surface area contributed by atoms with E-state index in [4.69, 9.17) is 0 Å². The van der Waals surface area contributed by atoms with Gasteiger partial charge in [-0.1, -0.05) is 24.3 Å². The Morgan fingerprint density at radius 1 is 1.04 bits per heavy atom. The summed E-state index contributed by atoms with van der Waals surface area (Å²) in [5, 5.41) is 2.93. The molecule has 24 heavy (non-hydrogen) atoms. The fourth-order valence-electron chi connectivity index (χ4n) is 2.69. The van der Waals surface area contributed by atoms with E-state index < -0.39 is 0 Å². The van der Waals surface area contributed by atoms with Crippen molar-refractivity contribution in [3.05, 3.63) is 59.7 Å². The topological polar surface area (TPSA) is 35.6 Å². The highest BCUT2D eigenvalue weighted by Gasteiger charge is 2.10. The Hall–Kier alpha value is -2.49. The van der Waals surface area contributed by atoms with Crippen LogP contribution in [0.25, 0.3) is 0 Å². The summed E-state index contributed by atoms with van der Waals surface area (Å²) in [7, 11) is 1.81. The van der Waals surface area contributed by atoms with Gasteiger partial charge in [-0.25, -0.2) is 4.79 Å². The van der Waals surface area contributed by atoms with Gasteiger partial charge in [-0.3, -0.25) is 0 Å². The van der Waals surface area contributed by atoms with Crippen molar-refractivity contribution in [2.45, 2.75) is 27.3 Å². The number of urea groups is 1. The first-order valence-electron chi connectivity index (χ1n) is 8.46. The molecule has 0 aliphatic carbocycles. The predicted molar refractivity (Wildman–Crippen MR) is 102 cm³/mol. The minimum atomic E-state index is -0.103. The van der Waals surface area contributed by atoms with Gasteiger partial charge in [0.25, 0.3) is 0 Å². The van der Waals surface area contributed by atoms with E-state index in [1.807, 2.05) is 38.2 Å². The number of carbonyl (C=O) groups is 1. The van der Waals surface area contributed by atoms with E-state index in [9.17, 15) is 4.79 Å². The van der Waals surface area contributed by atoms with Crippen LogP contribution in [0.4, 0.5) is 16.2 Å². The number of aryl methyl sites for hydroxylation is 1. The summed E-state index contributed by atoms with van der Waals surface area (Å²) >= 11 is 0. The quantitative estimate of drug-likeness (QED) is 0.848. The normalized spacial score (nSPS) is 10.3. The lowest BCUT2D eigenvalue weighted by Gasteiger charge is -2.22. The molecule has 0 heterocycles. The highest BCUT2D eigenvalue weighted by Crippen LogP contribution is 2.16. The van der Waals surface area contributed by atoms with Crippen molar-refractivity contribution in [1.82, 2.24) is 4.90 Å². The van der Waals surface area contributed by atoms with E-state index in [0.717, 1.165) is 29.9 Å². The second-order valence-corrected chi connectivity index (χ2v) is 5.99. The van der Waals surface area contributed by atoms with Crippen molar-refractivity contribution >= 4 is 17.4 Å². The van der Waals surface area contributed by atoms with Crippen LogP contribution in [0.1, 0.15) is 25.0 Å². The first-order valence-corrected chi connectivity index (χ1v) is 8.46. The molecule has 128 valence electrons. The Bertz CT molecular complexity index is 663. The number of rotatable bonds is 6. The van der Waals surface area contributed by atoms with E-state index in [1.165, 1.54) is 5.69 Å². The van der Waals surface area contributed by atoms with Gasteiger partial charge in [0.15, 0.2) is 0 Å². The Balaban J connectivity index is 1.96. The minimum absolute atomic E-state index is 0.103. The number of benzene rings is 2. The molecule has 0 aromatic heterocycles. The highest BCUT2D eigenvalue weighted by molar-refractivity contribution is 5.89. The number of nitrogens with one attached hydrogen (secondary N) is 1. The molecule has 0 saturated carbocycles. The van der Waals surface area contributed by atoms with Crippen LogP contribution in [0.5, 0.6) is 0 Å². The molecule has 0 unspecified atom stereocenters. The van der Waals surface area contributed by atoms with Gasteiger partial charge in [0.2, 0.25) is 0 Å². The predicted octanol–water partition coefficient (Wildman–Crippen LogP) is 4.51. The molecule has 0 atom stereocenters. The minimum Gasteiger partial charge on any atom is -0.372 e. The summed E-state index contributed by atoms with van der Waals surface area (Å²) < 4.78 is 0. The molecule has 0 radical (unpaired) electrons. The van der Waals surface area contributed by atoms with Crippen LogP contribution in [0.3, 0.4) is 0 Å². The largest absolute Gasteiger partial charge is 0.372 e. The standard InChI is InChI=1S/C20H27N3O/c1-5-23(6-2)19-12-10-17(11-13-19)15-22(4)20(24)21-18-9-7-8-16(3)14-18/h7-14H,5-6,15H2,1-4H3,(H,21,24). The molecule has 2 aromatic carbocycles. The summed E-state index contributed by atoms with van der Waals surface area (Å²) in [6.45, 7) is 8.89. The van der Waals surface area contributed by atoms with E-state index in [1.54, 1.807) is 4.90 Å². The molecular weight excluding hydrogens is 298 g/mol. The Kier molecular flexibility index (Phi) is 6.24. The second-order valence-electron chi connectivity index (χ2n) is 5.99. The van der Waals surface area contributed by atoms with E-state index in [0.29, 0.717) is 6.54 Å². The van der Waals surface area contributed by atoms with Crippen molar-refractivity contribution in [1.29, 1.82) is 0 Å². The molecule has 0 bridgehead atoms. The van der Waals surface area contributed by atoms with E-state index in [-0.39, 0.29) is 6.03 Å². The van der Waals surface area contributed by atoms with E-state index >= 15 is 0 Å². The lowest BCUT2D eigenvalue weighted by molar-refractivity contribution is 0.220. The maximum Gasteiger partial charge on any atom is 0.321 e. The molecule has 0 saturated heterocycles. The molecule has 0 fully saturated rings. The van der Waals surface area contributed by atoms with Crippen LogP contribution >= 0.6 is 0 Å². The van der Waals surface area contributed by atoms with Gasteiger partial charge in [-0.05, 0) is 56.2 Å². The van der Waals surface area contributed by atoms with Gasteiger partial charge in [0, 0.05) is 38.1 Å². The van der Waals surface area contributed by atoms with Crippen LogP contribution in [0.15, 0.2) is 48.5 Å². The van der Waals surface area contributed by atoms with Crippen LogP contribution in [0, 0.1) is 6.92 Å². The van der Waals surface area contributed by atoms with Gasteiger partial charge in [-0.15, -0.1) is 0 Å². The third-order valence-corrected chi connectivity index (χ3v) is 4.10. The monoisotopic (exact) mass is 325 g/mol. The number of hydrogen-bond donors (Lipinski definition) is 1. The van der Waals surface area contributed by atoms with Crippen LogP contribution in [-0.2, 0) is 6.54 Å². The van der Waals surface area contributed by atoms with Crippen molar-refractivity contribution in [2.75, 3.05) is 30.4 Å². The Morgan fingerprint density at radius 2 is 1.71 bits per heavy atom. The van der Waals surface area contributed by atoms with Gasteiger partial charge < -0.3 is 15.1 Å². The fraction of sp³-hybridized carbons (Fsp3) is 0.350.